The summed E-state index contributed by atoms with van der Waals surface area (Å²) in [6, 6.07) is 15.5. The van der Waals surface area contributed by atoms with Crippen molar-refractivity contribution in [3.8, 4) is 17.1 Å². The Morgan fingerprint density at radius 3 is 2.41 bits per heavy atom. The van der Waals surface area contributed by atoms with Crippen molar-refractivity contribution < 1.29 is 13.2 Å². The van der Waals surface area contributed by atoms with Gasteiger partial charge >= 0.3 is 0 Å². The summed E-state index contributed by atoms with van der Waals surface area (Å²) in [5.74, 6) is 1.96. The molecule has 1 N–H and O–H groups in total. The zero-order valence-electron chi connectivity index (χ0n) is 23.4. The van der Waals surface area contributed by atoms with Crippen molar-refractivity contribution >= 4 is 16.0 Å². The maximum absolute atomic E-state index is 13.6. The first-order valence-corrected chi connectivity index (χ1v) is 15.8. The second-order valence-electron chi connectivity index (χ2n) is 12.6. The maximum Gasteiger partial charge on any atom is 0.264 e. The smallest absolute Gasteiger partial charge is 0.264 e. The number of hydrogen-bond acceptors (Lipinski definition) is 5. The van der Waals surface area contributed by atoms with Crippen molar-refractivity contribution in [1.29, 1.82) is 0 Å². The molecule has 0 radical (unpaired) electrons. The molecule has 2 saturated carbocycles. The highest BCUT2D eigenvalue weighted by molar-refractivity contribution is 7.92. The highest BCUT2D eigenvalue weighted by atomic mass is 32.2. The van der Waals surface area contributed by atoms with E-state index in [4.69, 9.17) is 4.74 Å². The third-order valence-electron chi connectivity index (χ3n) is 9.26. The molecule has 1 unspecified atom stereocenters. The molecular formula is C32H39N3O3S. The lowest BCUT2D eigenvalue weighted by Gasteiger charge is -2.57. The van der Waals surface area contributed by atoms with Gasteiger partial charge in [0.15, 0.2) is 0 Å². The summed E-state index contributed by atoms with van der Waals surface area (Å²) in [4.78, 5) is 9.43. The van der Waals surface area contributed by atoms with Crippen LogP contribution >= 0.6 is 0 Å². The van der Waals surface area contributed by atoms with Gasteiger partial charge < -0.3 is 4.74 Å². The quantitative estimate of drug-likeness (QED) is 0.373. The minimum absolute atomic E-state index is 0.0269. The van der Waals surface area contributed by atoms with Crippen molar-refractivity contribution in [3.63, 3.8) is 0 Å². The second-order valence-corrected chi connectivity index (χ2v) is 14.3. The van der Waals surface area contributed by atoms with Crippen LogP contribution in [0.25, 0.3) is 11.3 Å². The van der Waals surface area contributed by atoms with Crippen LogP contribution in [0.1, 0.15) is 75.0 Å². The number of hydrogen-bond donors (Lipinski definition) is 1. The number of fused-ring (bicyclic) bond motifs is 4. The Balaban J connectivity index is 1.46. The molecule has 2 aromatic carbocycles. The lowest BCUT2D eigenvalue weighted by atomic mass is 9.48. The molecule has 3 aromatic rings. The molecular weight excluding hydrogens is 506 g/mol. The molecule has 1 aromatic heterocycles. The van der Waals surface area contributed by atoms with Crippen LogP contribution in [0, 0.1) is 37.0 Å². The molecule has 2 aliphatic carbocycles. The van der Waals surface area contributed by atoms with Gasteiger partial charge in [-0.2, -0.15) is 4.98 Å². The number of ether oxygens (including phenoxy) is 1. The lowest BCUT2D eigenvalue weighted by molar-refractivity contribution is -0.0490. The van der Waals surface area contributed by atoms with Crippen molar-refractivity contribution in [2.45, 2.75) is 77.0 Å². The van der Waals surface area contributed by atoms with Crippen LogP contribution in [-0.4, -0.2) is 25.0 Å². The molecule has 6 rings (SSSR count). The maximum atomic E-state index is 13.6. The molecule has 39 heavy (non-hydrogen) atoms. The summed E-state index contributed by atoms with van der Waals surface area (Å²) in [6.07, 6.45) is 7.49. The fourth-order valence-corrected chi connectivity index (χ4v) is 8.39. The largest absolute Gasteiger partial charge is 0.477 e. The average molecular weight is 546 g/mol. The standard InChI is InChI=1S/C32H39N3O3S/c1-20(2)14-24-19-38-28-16-27(29-21(3)8-5-9-22(29)4)33-31(34-28)35-39(36,37)26-11-6-10-23(15-26)30(24)25-17-32(18-25)12-7-13-32/h5-6,8-11,15-16,20,24-25,30H,7,12-14,17-19H2,1-4H3,(H,33,34,35)/t24-,30?/m1/s1. The molecule has 2 fully saturated rings. The predicted molar refractivity (Wildman–Crippen MR) is 154 cm³/mol. The fourth-order valence-electron chi connectivity index (χ4n) is 7.40. The van der Waals surface area contributed by atoms with Gasteiger partial charge in [0, 0.05) is 17.5 Å². The molecule has 4 bridgehead atoms. The van der Waals surface area contributed by atoms with E-state index in [2.05, 4.69) is 34.6 Å². The van der Waals surface area contributed by atoms with Gasteiger partial charge in [0.05, 0.1) is 17.2 Å². The summed E-state index contributed by atoms with van der Waals surface area (Å²) in [7, 11) is -3.89. The molecule has 3 aliphatic rings. The summed E-state index contributed by atoms with van der Waals surface area (Å²) in [5, 5.41) is 0. The molecule has 2 heterocycles. The van der Waals surface area contributed by atoms with Gasteiger partial charge in [-0.1, -0.05) is 50.6 Å². The normalized spacial score (nSPS) is 23.5. The van der Waals surface area contributed by atoms with Crippen molar-refractivity contribution in [1.82, 2.24) is 9.97 Å². The first-order chi connectivity index (χ1) is 18.6. The van der Waals surface area contributed by atoms with E-state index in [1.165, 1.54) is 32.1 Å². The van der Waals surface area contributed by atoms with Crippen LogP contribution < -0.4 is 9.46 Å². The van der Waals surface area contributed by atoms with Crippen molar-refractivity contribution in [2.75, 3.05) is 11.3 Å². The number of aryl methyl sites for hydroxylation is 2. The Hall–Kier alpha value is -2.93. The molecule has 1 aliphatic heterocycles. The summed E-state index contributed by atoms with van der Waals surface area (Å²) >= 11 is 0. The molecule has 2 atom stereocenters. The number of nitrogens with one attached hydrogen (secondary N) is 1. The zero-order chi connectivity index (χ0) is 27.4. The van der Waals surface area contributed by atoms with Gasteiger partial charge in [-0.25, -0.2) is 18.1 Å². The SMILES string of the molecule is Cc1cccc(C)c1-c1cc2nc(n1)NS(=O)(=O)c1cccc(c1)C(C1CC3(CCC3)C1)[C@H](CC(C)C)CO2. The fraction of sp³-hybridized carbons (Fsp3) is 0.500. The van der Waals surface area contributed by atoms with Gasteiger partial charge in [0.1, 0.15) is 0 Å². The van der Waals surface area contributed by atoms with E-state index in [9.17, 15) is 8.42 Å². The van der Waals surface area contributed by atoms with Crippen LogP contribution in [0.4, 0.5) is 5.95 Å². The summed E-state index contributed by atoms with van der Waals surface area (Å²) in [5.41, 5.74) is 5.39. The van der Waals surface area contributed by atoms with E-state index in [1.54, 1.807) is 6.07 Å². The van der Waals surface area contributed by atoms with Crippen molar-refractivity contribution in [2.24, 2.45) is 23.2 Å². The van der Waals surface area contributed by atoms with E-state index in [0.717, 1.165) is 28.7 Å². The van der Waals surface area contributed by atoms with E-state index >= 15 is 0 Å². The predicted octanol–water partition coefficient (Wildman–Crippen LogP) is 7.28. The molecule has 6 nitrogen and oxygen atoms in total. The highest BCUT2D eigenvalue weighted by Crippen LogP contribution is 2.63. The monoisotopic (exact) mass is 545 g/mol. The topological polar surface area (TPSA) is 81.2 Å². The number of anilines is 1. The molecule has 0 saturated heterocycles. The van der Waals surface area contributed by atoms with Gasteiger partial charge in [0.2, 0.25) is 11.8 Å². The van der Waals surface area contributed by atoms with E-state index in [0.29, 0.717) is 35.4 Å². The van der Waals surface area contributed by atoms with E-state index < -0.39 is 10.0 Å². The van der Waals surface area contributed by atoms with Crippen LogP contribution in [0.15, 0.2) is 53.4 Å². The van der Waals surface area contributed by atoms with Crippen molar-refractivity contribution in [3.05, 3.63) is 65.2 Å². The number of nitrogens with zero attached hydrogens (tertiary/aromatic N) is 2. The van der Waals surface area contributed by atoms with Crippen LogP contribution in [0.3, 0.4) is 0 Å². The Kier molecular flexibility index (Phi) is 6.69. The van der Waals surface area contributed by atoms with E-state index in [1.807, 2.05) is 50.2 Å². The molecule has 206 valence electrons. The molecule has 0 amide bonds. The number of rotatable bonds is 4. The first-order valence-electron chi connectivity index (χ1n) is 14.3. The Morgan fingerprint density at radius 2 is 1.74 bits per heavy atom. The first kappa shape index (κ1) is 26.3. The second kappa shape index (κ2) is 9.92. The molecule has 7 heteroatoms. The summed E-state index contributed by atoms with van der Waals surface area (Å²) in [6.45, 7) is 9.12. The Morgan fingerprint density at radius 1 is 1.03 bits per heavy atom. The zero-order valence-corrected chi connectivity index (χ0v) is 24.2. The highest BCUT2D eigenvalue weighted by Gasteiger charge is 2.52. The van der Waals surface area contributed by atoms with E-state index in [-0.39, 0.29) is 22.7 Å². The molecule has 1 spiro atoms. The number of aromatic nitrogens is 2. The van der Waals surface area contributed by atoms with Crippen LogP contribution in [-0.2, 0) is 10.0 Å². The van der Waals surface area contributed by atoms with Gasteiger partial charge in [-0.3, -0.25) is 0 Å². The number of sulfonamides is 1. The minimum atomic E-state index is -3.89. The van der Waals surface area contributed by atoms with Crippen LogP contribution in [0.5, 0.6) is 5.88 Å². The third kappa shape index (κ3) is 5.06. The minimum Gasteiger partial charge on any atom is -0.477 e. The lowest BCUT2D eigenvalue weighted by Crippen LogP contribution is -2.46. The van der Waals surface area contributed by atoms with Gasteiger partial charge in [-0.15, -0.1) is 0 Å². The van der Waals surface area contributed by atoms with Gasteiger partial charge in [-0.05, 0) is 97.9 Å². The third-order valence-corrected chi connectivity index (χ3v) is 10.6. The number of benzene rings is 2. The van der Waals surface area contributed by atoms with Crippen LogP contribution in [0.2, 0.25) is 0 Å². The average Bonchev–Trinajstić information content (AvgIpc) is 2.82. The Bertz CT molecular complexity index is 1470. The Labute approximate surface area is 232 Å². The van der Waals surface area contributed by atoms with Gasteiger partial charge in [0.25, 0.3) is 10.0 Å². The summed E-state index contributed by atoms with van der Waals surface area (Å²) < 4.78 is 36.4.